The van der Waals surface area contributed by atoms with Crippen molar-refractivity contribution < 1.29 is 17.9 Å². The van der Waals surface area contributed by atoms with Crippen LogP contribution in [0.2, 0.25) is 0 Å². The Bertz CT molecular complexity index is 861. The number of anilines is 1. The predicted molar refractivity (Wildman–Crippen MR) is 104 cm³/mol. The number of amides is 1. The van der Waals surface area contributed by atoms with E-state index in [9.17, 15) is 13.2 Å². The van der Waals surface area contributed by atoms with Gasteiger partial charge in [-0.25, -0.2) is 13.2 Å². The lowest BCUT2D eigenvalue weighted by atomic mass is 10.2. The molecule has 1 fully saturated rings. The molecule has 0 atom stereocenters. The minimum Gasteiger partial charge on any atom is -0.410 e. The number of hydrogen-bond acceptors (Lipinski definition) is 4. The Kier molecular flexibility index (Phi) is 6.13. The number of nitrogens with zero attached hydrogens (tertiary/aromatic N) is 1. The third-order valence-electron chi connectivity index (χ3n) is 4.70. The van der Waals surface area contributed by atoms with Crippen molar-refractivity contribution in [2.45, 2.75) is 43.5 Å². The second kappa shape index (κ2) is 8.54. The largest absolute Gasteiger partial charge is 0.417 e. The van der Waals surface area contributed by atoms with Gasteiger partial charge in [-0.1, -0.05) is 38.0 Å². The van der Waals surface area contributed by atoms with Gasteiger partial charge in [-0.05, 0) is 49.2 Å². The van der Waals surface area contributed by atoms with Gasteiger partial charge in [0.2, 0.25) is 10.0 Å². The van der Waals surface area contributed by atoms with Crippen molar-refractivity contribution in [3.8, 4) is 5.75 Å². The van der Waals surface area contributed by atoms with E-state index >= 15 is 0 Å². The quantitative estimate of drug-likeness (QED) is 0.803. The number of benzene rings is 2. The SMILES string of the molecule is CCN(C1CCCC1)S(=O)(=O)c1ccc(NC(=O)Oc2ccccc2)cc1. The maximum Gasteiger partial charge on any atom is 0.417 e. The molecule has 0 aromatic heterocycles. The Labute approximate surface area is 160 Å². The molecule has 0 radical (unpaired) electrons. The zero-order valence-electron chi connectivity index (χ0n) is 15.3. The molecule has 2 aromatic carbocycles. The van der Waals surface area contributed by atoms with E-state index < -0.39 is 16.1 Å². The highest BCUT2D eigenvalue weighted by molar-refractivity contribution is 7.89. The summed E-state index contributed by atoms with van der Waals surface area (Å²) in [7, 11) is -3.54. The van der Waals surface area contributed by atoms with Crippen LogP contribution in [0.1, 0.15) is 32.6 Å². The van der Waals surface area contributed by atoms with E-state index in [0.29, 0.717) is 18.0 Å². The van der Waals surface area contributed by atoms with E-state index in [4.69, 9.17) is 4.74 Å². The minimum absolute atomic E-state index is 0.0821. The molecule has 0 spiro atoms. The Morgan fingerprint density at radius 3 is 2.30 bits per heavy atom. The Morgan fingerprint density at radius 1 is 1.07 bits per heavy atom. The first-order valence-electron chi connectivity index (χ1n) is 9.16. The summed E-state index contributed by atoms with van der Waals surface area (Å²) in [6.45, 7) is 2.32. The van der Waals surface area contributed by atoms with Gasteiger partial charge in [0.25, 0.3) is 0 Å². The van der Waals surface area contributed by atoms with Crippen LogP contribution in [-0.2, 0) is 10.0 Å². The summed E-state index contributed by atoms with van der Waals surface area (Å²) in [6, 6.07) is 15.0. The molecule has 0 bridgehead atoms. The number of carbonyl (C=O) groups excluding carboxylic acids is 1. The van der Waals surface area contributed by atoms with Crippen LogP contribution >= 0.6 is 0 Å². The third kappa shape index (κ3) is 4.67. The zero-order chi connectivity index (χ0) is 19.3. The molecule has 1 aliphatic carbocycles. The minimum atomic E-state index is -3.54. The van der Waals surface area contributed by atoms with Crippen molar-refractivity contribution in [3.05, 3.63) is 54.6 Å². The maximum absolute atomic E-state index is 12.9. The fourth-order valence-electron chi connectivity index (χ4n) is 3.40. The first-order chi connectivity index (χ1) is 13.0. The van der Waals surface area contributed by atoms with Gasteiger partial charge in [0.1, 0.15) is 5.75 Å². The van der Waals surface area contributed by atoms with Crippen molar-refractivity contribution in [2.75, 3.05) is 11.9 Å². The molecule has 144 valence electrons. The molecule has 27 heavy (non-hydrogen) atoms. The van der Waals surface area contributed by atoms with E-state index in [-0.39, 0.29) is 10.9 Å². The summed E-state index contributed by atoms with van der Waals surface area (Å²) in [5, 5.41) is 2.60. The van der Waals surface area contributed by atoms with Gasteiger partial charge in [-0.2, -0.15) is 4.31 Å². The average Bonchev–Trinajstić information content (AvgIpc) is 3.17. The molecule has 0 unspecified atom stereocenters. The highest BCUT2D eigenvalue weighted by Crippen LogP contribution is 2.28. The molecule has 1 amide bonds. The molecule has 6 nitrogen and oxygen atoms in total. The topological polar surface area (TPSA) is 75.7 Å². The van der Waals surface area contributed by atoms with Crippen molar-refractivity contribution in [1.29, 1.82) is 0 Å². The van der Waals surface area contributed by atoms with E-state index in [0.717, 1.165) is 25.7 Å². The second-order valence-electron chi connectivity index (χ2n) is 6.50. The lowest BCUT2D eigenvalue weighted by Crippen LogP contribution is -2.38. The molecule has 1 N–H and O–H groups in total. The Morgan fingerprint density at radius 2 is 1.70 bits per heavy atom. The maximum atomic E-state index is 12.9. The highest BCUT2D eigenvalue weighted by atomic mass is 32.2. The number of para-hydroxylation sites is 1. The van der Waals surface area contributed by atoms with Gasteiger partial charge in [0.05, 0.1) is 4.90 Å². The first kappa shape index (κ1) is 19.4. The van der Waals surface area contributed by atoms with Crippen LogP contribution in [0.4, 0.5) is 10.5 Å². The number of hydrogen-bond donors (Lipinski definition) is 1. The van der Waals surface area contributed by atoms with Gasteiger partial charge in [-0.3, -0.25) is 5.32 Å². The second-order valence-corrected chi connectivity index (χ2v) is 8.39. The first-order valence-corrected chi connectivity index (χ1v) is 10.6. The summed E-state index contributed by atoms with van der Waals surface area (Å²) >= 11 is 0. The Balaban J connectivity index is 1.68. The van der Waals surface area contributed by atoms with Crippen molar-refractivity contribution >= 4 is 21.8 Å². The van der Waals surface area contributed by atoms with Gasteiger partial charge in [-0.15, -0.1) is 0 Å². The van der Waals surface area contributed by atoms with Crippen LogP contribution in [0.5, 0.6) is 5.75 Å². The zero-order valence-corrected chi connectivity index (χ0v) is 16.1. The predicted octanol–water partition coefficient (Wildman–Crippen LogP) is 4.25. The number of nitrogens with one attached hydrogen (secondary N) is 1. The molecule has 0 heterocycles. The van der Waals surface area contributed by atoms with Crippen LogP contribution in [0.3, 0.4) is 0 Å². The molecule has 2 aromatic rings. The molecular weight excluding hydrogens is 364 g/mol. The fourth-order valence-corrected chi connectivity index (χ4v) is 5.10. The lowest BCUT2D eigenvalue weighted by molar-refractivity contribution is 0.215. The molecule has 7 heteroatoms. The van der Waals surface area contributed by atoms with E-state index in [1.54, 1.807) is 40.7 Å². The summed E-state index contributed by atoms with van der Waals surface area (Å²) in [5.74, 6) is 0.435. The summed E-state index contributed by atoms with van der Waals surface area (Å²) in [4.78, 5) is 12.2. The van der Waals surface area contributed by atoms with Crippen molar-refractivity contribution in [1.82, 2.24) is 4.31 Å². The molecule has 3 rings (SSSR count). The summed E-state index contributed by atoms with van der Waals surface area (Å²) in [6.07, 6.45) is 3.35. The average molecular weight is 388 g/mol. The van der Waals surface area contributed by atoms with E-state index in [2.05, 4.69) is 5.32 Å². The van der Waals surface area contributed by atoms with E-state index in [1.807, 2.05) is 13.0 Å². The highest BCUT2D eigenvalue weighted by Gasteiger charge is 2.31. The van der Waals surface area contributed by atoms with E-state index in [1.165, 1.54) is 12.1 Å². The normalized spacial score (nSPS) is 15.0. The molecule has 0 saturated heterocycles. The van der Waals surface area contributed by atoms with Crippen LogP contribution in [0.25, 0.3) is 0 Å². The van der Waals surface area contributed by atoms with Crippen LogP contribution < -0.4 is 10.1 Å². The lowest BCUT2D eigenvalue weighted by Gasteiger charge is -2.26. The number of ether oxygens (including phenoxy) is 1. The van der Waals surface area contributed by atoms with Gasteiger partial charge < -0.3 is 4.74 Å². The summed E-state index contributed by atoms with van der Waals surface area (Å²) in [5.41, 5.74) is 0.471. The molecule has 1 aliphatic rings. The van der Waals surface area contributed by atoms with Gasteiger partial charge in [0, 0.05) is 18.3 Å². The monoisotopic (exact) mass is 388 g/mol. The van der Waals surface area contributed by atoms with Crippen LogP contribution in [0.15, 0.2) is 59.5 Å². The standard InChI is InChI=1S/C20H24N2O4S/c1-2-22(17-8-6-7-9-17)27(24,25)19-14-12-16(13-15-19)21-20(23)26-18-10-4-3-5-11-18/h3-5,10-15,17H,2,6-9H2,1H3,(H,21,23). The van der Waals surface area contributed by atoms with Crippen molar-refractivity contribution in [2.24, 2.45) is 0 Å². The Hall–Kier alpha value is -2.38. The summed E-state index contributed by atoms with van der Waals surface area (Å²) < 4.78 is 32.6. The third-order valence-corrected chi connectivity index (χ3v) is 6.75. The van der Waals surface area contributed by atoms with Crippen molar-refractivity contribution in [3.63, 3.8) is 0 Å². The van der Waals surface area contributed by atoms with Crippen LogP contribution in [0, 0.1) is 0 Å². The molecule has 0 aliphatic heterocycles. The smallest absolute Gasteiger partial charge is 0.410 e. The number of sulfonamides is 1. The molecular formula is C20H24N2O4S. The number of rotatable bonds is 6. The van der Waals surface area contributed by atoms with Crippen LogP contribution in [-0.4, -0.2) is 31.4 Å². The molecule has 1 saturated carbocycles. The van der Waals surface area contributed by atoms with Gasteiger partial charge in [0.15, 0.2) is 0 Å². The fraction of sp³-hybridized carbons (Fsp3) is 0.350. The number of carbonyl (C=O) groups is 1. The van der Waals surface area contributed by atoms with Gasteiger partial charge >= 0.3 is 6.09 Å².